The van der Waals surface area contributed by atoms with Gasteiger partial charge in [0.2, 0.25) is 5.91 Å². The molecule has 6 nitrogen and oxygen atoms in total. The van der Waals surface area contributed by atoms with Gasteiger partial charge in [-0.2, -0.15) is 0 Å². The minimum atomic E-state index is -3.97. The van der Waals surface area contributed by atoms with Crippen LogP contribution in [0.15, 0.2) is 89.8 Å². The van der Waals surface area contributed by atoms with Crippen molar-refractivity contribution < 1.29 is 17.9 Å². The number of anilines is 1. The number of nitrogens with zero attached hydrogens (tertiary/aromatic N) is 1. The summed E-state index contributed by atoms with van der Waals surface area (Å²) in [5.41, 5.74) is 1.53. The van der Waals surface area contributed by atoms with Crippen LogP contribution >= 0.6 is 0 Å². The molecule has 0 aliphatic carbocycles. The highest BCUT2D eigenvalue weighted by molar-refractivity contribution is 7.92. The number of sulfonamides is 1. The Hall–Kier alpha value is -3.32. The van der Waals surface area contributed by atoms with E-state index in [-0.39, 0.29) is 17.3 Å². The van der Waals surface area contributed by atoms with Crippen LogP contribution in [0.2, 0.25) is 0 Å². The average Bonchev–Trinajstić information content (AvgIpc) is 2.82. The highest BCUT2D eigenvalue weighted by Crippen LogP contribution is 2.32. The van der Waals surface area contributed by atoms with E-state index in [1.807, 2.05) is 37.3 Å². The molecule has 1 N–H and O–H groups in total. The molecule has 0 aliphatic rings. The van der Waals surface area contributed by atoms with Crippen LogP contribution in [0.4, 0.5) is 5.69 Å². The number of carbonyl (C=O) groups excluding carboxylic acids is 1. The fourth-order valence-electron chi connectivity index (χ4n) is 3.31. The predicted molar refractivity (Wildman–Crippen MR) is 126 cm³/mol. The van der Waals surface area contributed by atoms with Gasteiger partial charge >= 0.3 is 0 Å². The van der Waals surface area contributed by atoms with E-state index in [0.29, 0.717) is 24.6 Å². The third-order valence-corrected chi connectivity index (χ3v) is 6.63. The zero-order chi connectivity index (χ0) is 22.8. The van der Waals surface area contributed by atoms with E-state index in [0.717, 1.165) is 17.1 Å². The second-order valence-corrected chi connectivity index (χ2v) is 9.03. The second kappa shape index (κ2) is 11.3. The van der Waals surface area contributed by atoms with Crippen molar-refractivity contribution in [1.29, 1.82) is 0 Å². The van der Waals surface area contributed by atoms with E-state index in [1.54, 1.807) is 42.5 Å². The number of nitrogens with one attached hydrogen (secondary N) is 1. The molecule has 0 radical (unpaired) electrons. The lowest BCUT2D eigenvalue weighted by Gasteiger charge is -2.26. The lowest BCUT2D eigenvalue weighted by atomic mass is 10.1. The molecule has 0 aromatic heterocycles. The molecule has 0 bridgehead atoms. The lowest BCUT2D eigenvalue weighted by molar-refractivity contribution is -0.119. The van der Waals surface area contributed by atoms with Crippen molar-refractivity contribution in [2.45, 2.75) is 24.7 Å². The summed E-state index contributed by atoms with van der Waals surface area (Å²) < 4.78 is 33.6. The van der Waals surface area contributed by atoms with Crippen LogP contribution in [0.5, 0.6) is 5.75 Å². The zero-order valence-electron chi connectivity index (χ0n) is 18.1. The molecule has 7 heteroatoms. The molecule has 0 fully saturated rings. The topological polar surface area (TPSA) is 75.7 Å². The van der Waals surface area contributed by atoms with E-state index < -0.39 is 10.0 Å². The standard InChI is InChI=1S/C25H28N2O4S/c1-2-31-24-18-10-9-17-23(24)27(32(29,30)22-15-7-4-8-16-22)20-25(28)26-19-11-14-21-12-5-3-6-13-21/h3-10,12-13,15-18H,2,11,14,19-20H2,1H3,(H,26,28). The fraction of sp³-hybridized carbons (Fsp3) is 0.240. The van der Waals surface area contributed by atoms with Crippen LogP contribution in [0.3, 0.4) is 0 Å². The first-order valence-corrected chi connectivity index (χ1v) is 12.1. The van der Waals surface area contributed by atoms with E-state index >= 15 is 0 Å². The molecule has 0 spiro atoms. The van der Waals surface area contributed by atoms with Crippen LogP contribution in [0.25, 0.3) is 0 Å². The van der Waals surface area contributed by atoms with Crippen LogP contribution in [0.1, 0.15) is 18.9 Å². The Kier molecular flexibility index (Phi) is 8.27. The summed E-state index contributed by atoms with van der Waals surface area (Å²) >= 11 is 0. The van der Waals surface area contributed by atoms with Gasteiger partial charge in [0.05, 0.1) is 17.2 Å². The minimum Gasteiger partial charge on any atom is -0.492 e. The number of carbonyl (C=O) groups is 1. The Bertz CT molecular complexity index is 1100. The molecule has 0 aliphatic heterocycles. The number of aryl methyl sites for hydroxylation is 1. The van der Waals surface area contributed by atoms with Gasteiger partial charge in [-0.25, -0.2) is 8.42 Å². The van der Waals surface area contributed by atoms with E-state index in [9.17, 15) is 13.2 Å². The normalized spacial score (nSPS) is 11.0. The number of ether oxygens (including phenoxy) is 1. The van der Waals surface area contributed by atoms with Gasteiger partial charge in [0.1, 0.15) is 12.3 Å². The molecule has 0 saturated carbocycles. The molecule has 3 aromatic rings. The van der Waals surface area contributed by atoms with Crippen molar-refractivity contribution in [3.05, 3.63) is 90.5 Å². The Morgan fingerprint density at radius 1 is 0.906 bits per heavy atom. The molecule has 0 saturated heterocycles. The number of hydrogen-bond acceptors (Lipinski definition) is 4. The summed E-state index contributed by atoms with van der Waals surface area (Å²) in [6.45, 7) is 2.32. The molecule has 32 heavy (non-hydrogen) atoms. The maximum atomic E-state index is 13.4. The third kappa shape index (κ3) is 6.11. The molecule has 0 atom stereocenters. The monoisotopic (exact) mass is 452 g/mol. The molecule has 3 rings (SSSR count). The van der Waals surface area contributed by atoms with Gasteiger partial charge in [-0.1, -0.05) is 60.7 Å². The van der Waals surface area contributed by atoms with Gasteiger partial charge in [0.15, 0.2) is 0 Å². The Morgan fingerprint density at radius 3 is 2.22 bits per heavy atom. The molecule has 3 aromatic carbocycles. The third-order valence-electron chi connectivity index (χ3n) is 4.86. The quantitative estimate of drug-likeness (QED) is 0.446. The molecular formula is C25H28N2O4S. The number of hydrogen-bond donors (Lipinski definition) is 1. The molecule has 0 heterocycles. The largest absolute Gasteiger partial charge is 0.492 e. The first-order valence-electron chi connectivity index (χ1n) is 10.6. The van der Waals surface area contributed by atoms with Crippen LogP contribution in [-0.4, -0.2) is 34.0 Å². The maximum Gasteiger partial charge on any atom is 0.264 e. The van der Waals surface area contributed by atoms with Crippen molar-refractivity contribution in [3.63, 3.8) is 0 Å². The Balaban J connectivity index is 1.76. The van der Waals surface area contributed by atoms with E-state index in [2.05, 4.69) is 5.32 Å². The first kappa shape index (κ1) is 23.3. The molecular weight excluding hydrogens is 424 g/mol. The Morgan fingerprint density at radius 2 is 1.53 bits per heavy atom. The average molecular weight is 453 g/mol. The zero-order valence-corrected chi connectivity index (χ0v) is 18.9. The van der Waals surface area contributed by atoms with Gasteiger partial charge in [0, 0.05) is 6.54 Å². The van der Waals surface area contributed by atoms with Crippen LogP contribution in [0, 0.1) is 0 Å². The number of amides is 1. The predicted octanol–water partition coefficient (Wildman–Crippen LogP) is 4.03. The van der Waals surface area contributed by atoms with Crippen LogP contribution in [-0.2, 0) is 21.2 Å². The van der Waals surface area contributed by atoms with Crippen molar-refractivity contribution in [2.24, 2.45) is 0 Å². The summed E-state index contributed by atoms with van der Waals surface area (Å²) in [4.78, 5) is 12.8. The van der Waals surface area contributed by atoms with E-state index in [4.69, 9.17) is 4.74 Å². The molecule has 1 amide bonds. The van der Waals surface area contributed by atoms with Crippen LogP contribution < -0.4 is 14.4 Å². The highest BCUT2D eigenvalue weighted by atomic mass is 32.2. The number of benzene rings is 3. The van der Waals surface area contributed by atoms with Gasteiger partial charge in [-0.05, 0) is 49.6 Å². The summed E-state index contributed by atoms with van der Waals surface area (Å²) in [6, 6.07) is 24.9. The van der Waals surface area contributed by atoms with Gasteiger partial charge in [-0.15, -0.1) is 0 Å². The highest BCUT2D eigenvalue weighted by Gasteiger charge is 2.29. The summed E-state index contributed by atoms with van der Waals surface area (Å²) in [6.07, 6.45) is 1.59. The second-order valence-electron chi connectivity index (χ2n) is 7.16. The number of rotatable bonds is 11. The minimum absolute atomic E-state index is 0.114. The maximum absolute atomic E-state index is 13.4. The van der Waals surface area contributed by atoms with Gasteiger partial charge < -0.3 is 10.1 Å². The smallest absolute Gasteiger partial charge is 0.264 e. The fourth-order valence-corrected chi connectivity index (χ4v) is 4.76. The summed E-state index contributed by atoms with van der Waals surface area (Å²) in [5.74, 6) is 0.0373. The Labute approximate surface area is 189 Å². The number of para-hydroxylation sites is 2. The van der Waals surface area contributed by atoms with Crippen molar-refractivity contribution >= 4 is 21.6 Å². The van der Waals surface area contributed by atoms with E-state index in [1.165, 1.54) is 17.7 Å². The van der Waals surface area contributed by atoms with Crippen molar-refractivity contribution in [1.82, 2.24) is 5.32 Å². The van der Waals surface area contributed by atoms with Gasteiger partial charge in [0.25, 0.3) is 10.0 Å². The van der Waals surface area contributed by atoms with Crippen molar-refractivity contribution in [3.8, 4) is 5.75 Å². The summed E-state index contributed by atoms with van der Waals surface area (Å²) in [7, 11) is -3.97. The van der Waals surface area contributed by atoms with Crippen molar-refractivity contribution in [2.75, 3.05) is 24.0 Å². The summed E-state index contributed by atoms with van der Waals surface area (Å²) in [5, 5.41) is 2.84. The molecule has 0 unspecified atom stereocenters. The first-order chi connectivity index (χ1) is 15.5. The SMILES string of the molecule is CCOc1ccccc1N(CC(=O)NCCCc1ccccc1)S(=O)(=O)c1ccccc1. The molecule has 168 valence electrons. The lowest BCUT2D eigenvalue weighted by Crippen LogP contribution is -2.41. The van der Waals surface area contributed by atoms with Gasteiger partial charge in [-0.3, -0.25) is 9.10 Å².